The van der Waals surface area contributed by atoms with Crippen LogP contribution in [-0.4, -0.2) is 22.9 Å². The van der Waals surface area contributed by atoms with Crippen molar-refractivity contribution in [2.75, 3.05) is 6.61 Å². The van der Waals surface area contributed by atoms with Gasteiger partial charge in [-0.2, -0.15) is 0 Å². The van der Waals surface area contributed by atoms with Crippen molar-refractivity contribution < 1.29 is 23.1 Å². The number of ether oxygens (including phenoxy) is 1. The summed E-state index contributed by atoms with van der Waals surface area (Å²) in [6, 6.07) is 8.87. The maximum atomic E-state index is 13.6. The molecular formula is C21H19F2NO3S. The third-order valence-corrected chi connectivity index (χ3v) is 5.47. The third kappa shape index (κ3) is 4.20. The van der Waals surface area contributed by atoms with Crippen LogP contribution in [0.5, 0.6) is 0 Å². The summed E-state index contributed by atoms with van der Waals surface area (Å²) < 4.78 is 34.2. The number of nitrogens with zero attached hydrogens (tertiary/aromatic N) is 1. The van der Waals surface area contributed by atoms with Crippen LogP contribution in [0, 0.1) is 25.5 Å². The summed E-state index contributed by atoms with van der Waals surface area (Å²) in [5, 5.41) is 2.02. The predicted octanol–water partition coefficient (Wildman–Crippen LogP) is 4.73. The smallest absolute Gasteiger partial charge is 0.344 e. The summed E-state index contributed by atoms with van der Waals surface area (Å²) in [6.45, 7) is 3.87. The highest BCUT2D eigenvalue weighted by Crippen LogP contribution is 2.19. The van der Waals surface area contributed by atoms with E-state index in [9.17, 15) is 18.4 Å². The van der Waals surface area contributed by atoms with Crippen LogP contribution < -0.4 is 0 Å². The molecule has 28 heavy (non-hydrogen) atoms. The monoisotopic (exact) mass is 403 g/mol. The van der Waals surface area contributed by atoms with Crippen LogP contribution in [0.1, 0.15) is 37.0 Å². The molecule has 0 aliphatic carbocycles. The summed E-state index contributed by atoms with van der Waals surface area (Å²) in [5.74, 6) is -3.66. The van der Waals surface area contributed by atoms with Crippen molar-refractivity contribution >= 4 is 23.1 Å². The zero-order valence-corrected chi connectivity index (χ0v) is 16.3. The van der Waals surface area contributed by atoms with Gasteiger partial charge in [0.05, 0.1) is 0 Å². The van der Waals surface area contributed by atoms with Gasteiger partial charge in [-0.3, -0.25) is 4.79 Å². The number of hydrogen-bond acceptors (Lipinski definition) is 4. The van der Waals surface area contributed by atoms with E-state index in [1.807, 2.05) is 29.9 Å². The molecule has 1 aromatic carbocycles. The second-order valence-electron chi connectivity index (χ2n) is 6.36. The van der Waals surface area contributed by atoms with Crippen molar-refractivity contribution in [3.8, 4) is 0 Å². The average Bonchev–Trinajstić information content (AvgIpc) is 3.26. The quantitative estimate of drug-likeness (QED) is 0.423. The van der Waals surface area contributed by atoms with Gasteiger partial charge in [0.2, 0.25) is 5.78 Å². The molecule has 0 N–H and O–H groups in total. The van der Waals surface area contributed by atoms with Gasteiger partial charge < -0.3 is 9.30 Å². The van der Waals surface area contributed by atoms with E-state index in [4.69, 9.17) is 4.74 Å². The van der Waals surface area contributed by atoms with Crippen molar-refractivity contribution in [2.24, 2.45) is 0 Å². The molecule has 3 aromatic rings. The lowest BCUT2D eigenvalue weighted by atomic mass is 10.1. The number of Topliss-reactive ketones (excluding diaryl/α,β-unsaturated/α-hetero) is 1. The Morgan fingerprint density at radius 1 is 1.11 bits per heavy atom. The Kier molecular flexibility index (Phi) is 6.04. The van der Waals surface area contributed by atoms with Gasteiger partial charge in [-0.05, 0) is 49.9 Å². The lowest BCUT2D eigenvalue weighted by Crippen LogP contribution is -2.17. The van der Waals surface area contributed by atoms with Crippen molar-refractivity contribution in [1.82, 2.24) is 4.57 Å². The standard InChI is InChI=1S/C21H19F2NO3S/c1-13-11-16(14(2)24(13)9-8-15-5-4-10-28-15)19(25)12-27-21(26)20-17(22)6-3-7-18(20)23/h3-7,10-11H,8-9,12H2,1-2H3. The third-order valence-electron chi connectivity index (χ3n) is 4.54. The van der Waals surface area contributed by atoms with Gasteiger partial charge in [-0.15, -0.1) is 11.3 Å². The largest absolute Gasteiger partial charge is 0.454 e. The number of rotatable bonds is 7. The van der Waals surface area contributed by atoms with Crippen molar-refractivity contribution in [3.63, 3.8) is 0 Å². The molecule has 3 rings (SSSR count). The molecule has 0 spiro atoms. The van der Waals surface area contributed by atoms with Gasteiger partial charge in [-0.1, -0.05) is 12.1 Å². The fraction of sp³-hybridized carbons (Fsp3) is 0.238. The van der Waals surface area contributed by atoms with E-state index in [-0.39, 0.29) is 0 Å². The molecule has 0 amide bonds. The zero-order chi connectivity index (χ0) is 20.3. The van der Waals surface area contributed by atoms with Crippen molar-refractivity contribution in [2.45, 2.75) is 26.8 Å². The lowest BCUT2D eigenvalue weighted by molar-refractivity contribution is 0.0465. The number of esters is 1. The van der Waals surface area contributed by atoms with E-state index < -0.39 is 35.6 Å². The number of hydrogen-bond donors (Lipinski definition) is 0. The molecule has 0 fully saturated rings. The summed E-state index contributed by atoms with van der Waals surface area (Å²) in [5.41, 5.74) is 1.33. The van der Waals surface area contributed by atoms with Crippen LogP contribution in [0.3, 0.4) is 0 Å². The second-order valence-corrected chi connectivity index (χ2v) is 7.39. The van der Waals surface area contributed by atoms with Crippen molar-refractivity contribution in [1.29, 1.82) is 0 Å². The van der Waals surface area contributed by atoms with Gasteiger partial charge in [0, 0.05) is 28.4 Å². The van der Waals surface area contributed by atoms with Gasteiger partial charge in [0.15, 0.2) is 6.61 Å². The summed E-state index contributed by atoms with van der Waals surface area (Å²) in [7, 11) is 0. The number of halogens is 2. The Labute approximate surface area is 165 Å². The first-order chi connectivity index (χ1) is 13.4. The lowest BCUT2D eigenvalue weighted by Gasteiger charge is -2.09. The summed E-state index contributed by atoms with van der Waals surface area (Å²) >= 11 is 1.68. The Hall–Kier alpha value is -2.80. The SMILES string of the molecule is Cc1cc(C(=O)COC(=O)c2c(F)cccc2F)c(C)n1CCc1cccs1. The zero-order valence-electron chi connectivity index (χ0n) is 15.5. The highest BCUT2D eigenvalue weighted by Gasteiger charge is 2.21. The van der Waals surface area contributed by atoms with Gasteiger partial charge in [0.25, 0.3) is 0 Å². The molecule has 0 aliphatic heterocycles. The van der Waals surface area contributed by atoms with Gasteiger partial charge in [-0.25, -0.2) is 13.6 Å². The molecule has 0 atom stereocenters. The predicted molar refractivity (Wildman–Crippen MR) is 103 cm³/mol. The molecular weight excluding hydrogens is 384 g/mol. The Morgan fingerprint density at radius 3 is 2.46 bits per heavy atom. The van der Waals surface area contributed by atoms with Crippen LogP contribution >= 0.6 is 11.3 Å². The first-order valence-electron chi connectivity index (χ1n) is 8.72. The van der Waals surface area contributed by atoms with Crippen LogP contribution in [0.15, 0.2) is 41.8 Å². The number of benzene rings is 1. The number of carbonyl (C=O) groups is 2. The molecule has 0 unspecified atom stereocenters. The van der Waals surface area contributed by atoms with Gasteiger partial charge in [0.1, 0.15) is 17.2 Å². The van der Waals surface area contributed by atoms with E-state index in [0.29, 0.717) is 5.56 Å². The summed E-state index contributed by atoms with van der Waals surface area (Å²) in [4.78, 5) is 25.7. The molecule has 0 bridgehead atoms. The number of aryl methyl sites for hydroxylation is 2. The normalized spacial score (nSPS) is 10.9. The average molecular weight is 403 g/mol. The van der Waals surface area contributed by atoms with Crippen LogP contribution in [0.2, 0.25) is 0 Å². The first kappa shape index (κ1) is 19.9. The van der Waals surface area contributed by atoms with E-state index in [1.54, 1.807) is 17.4 Å². The maximum Gasteiger partial charge on any atom is 0.344 e. The molecule has 0 aliphatic rings. The number of carbonyl (C=O) groups excluding carboxylic acids is 2. The molecule has 7 heteroatoms. The van der Waals surface area contributed by atoms with Crippen LogP contribution in [0.25, 0.3) is 0 Å². The number of thiophene rings is 1. The highest BCUT2D eigenvalue weighted by molar-refractivity contribution is 7.09. The topological polar surface area (TPSA) is 48.3 Å². The van der Waals surface area contributed by atoms with Crippen molar-refractivity contribution in [3.05, 3.63) is 80.8 Å². The molecule has 0 saturated heterocycles. The number of ketones is 1. The summed E-state index contributed by atoms with van der Waals surface area (Å²) in [6.07, 6.45) is 0.850. The van der Waals surface area contributed by atoms with Crippen LogP contribution in [-0.2, 0) is 17.7 Å². The maximum absolute atomic E-state index is 13.6. The molecule has 2 aromatic heterocycles. The minimum Gasteiger partial charge on any atom is -0.454 e. The minimum atomic E-state index is -1.20. The molecule has 2 heterocycles. The molecule has 0 saturated carbocycles. The molecule has 4 nitrogen and oxygen atoms in total. The van der Waals surface area contributed by atoms with E-state index in [0.717, 1.165) is 42.6 Å². The fourth-order valence-corrected chi connectivity index (χ4v) is 3.78. The van der Waals surface area contributed by atoms with E-state index in [1.165, 1.54) is 4.88 Å². The Balaban J connectivity index is 1.67. The Morgan fingerprint density at radius 2 is 1.82 bits per heavy atom. The first-order valence-corrected chi connectivity index (χ1v) is 9.60. The van der Waals surface area contributed by atoms with Crippen LogP contribution in [0.4, 0.5) is 8.78 Å². The van der Waals surface area contributed by atoms with E-state index >= 15 is 0 Å². The number of aromatic nitrogens is 1. The Bertz CT molecular complexity index is 989. The molecule has 0 radical (unpaired) electrons. The second kappa shape index (κ2) is 8.48. The van der Waals surface area contributed by atoms with E-state index in [2.05, 4.69) is 6.07 Å². The minimum absolute atomic E-state index is 0.416. The van der Waals surface area contributed by atoms with Gasteiger partial charge >= 0.3 is 5.97 Å². The molecule has 146 valence electrons. The highest BCUT2D eigenvalue weighted by atomic mass is 32.1. The fourth-order valence-electron chi connectivity index (χ4n) is 3.08.